The minimum atomic E-state index is -1.58. The van der Waals surface area contributed by atoms with E-state index in [2.05, 4.69) is 0 Å². The standard InChI is InChI=1S/C11H8O5/c12-9(11(15)16)5-7-3-1-2-4-8(7)6-10(13)14/h1-6H,(H,13,14)(H,15,16). The van der Waals surface area contributed by atoms with Crippen molar-refractivity contribution in [1.29, 1.82) is 0 Å². The van der Waals surface area contributed by atoms with Gasteiger partial charge in [-0.1, -0.05) is 24.3 Å². The van der Waals surface area contributed by atoms with Crippen LogP contribution in [0.1, 0.15) is 0 Å². The molecule has 1 rings (SSSR count). The van der Waals surface area contributed by atoms with E-state index in [1.165, 1.54) is 12.1 Å². The van der Waals surface area contributed by atoms with Gasteiger partial charge in [0.2, 0.25) is 0 Å². The fraction of sp³-hybridized carbons (Fsp3) is 0. The quantitative estimate of drug-likeness (QED) is 0.636. The van der Waals surface area contributed by atoms with Gasteiger partial charge in [0, 0.05) is 12.2 Å². The molecule has 0 aliphatic heterocycles. The second kappa shape index (κ2) is 4.88. The third-order valence-corrected chi connectivity index (χ3v) is 1.77. The molecule has 5 nitrogen and oxygen atoms in total. The van der Waals surface area contributed by atoms with E-state index < -0.39 is 17.7 Å². The van der Waals surface area contributed by atoms with E-state index in [1.54, 1.807) is 12.1 Å². The molecule has 5 heteroatoms. The lowest BCUT2D eigenvalue weighted by Crippen LogP contribution is -2.27. The minimum absolute atomic E-state index is 0.261. The van der Waals surface area contributed by atoms with Crippen LogP contribution in [0.5, 0.6) is 0 Å². The molecule has 0 heterocycles. The maximum absolute atomic E-state index is 10.9. The van der Waals surface area contributed by atoms with Crippen molar-refractivity contribution >= 4 is 29.9 Å². The molecule has 0 aromatic heterocycles. The van der Waals surface area contributed by atoms with Gasteiger partial charge in [-0.15, -0.1) is 0 Å². The van der Waals surface area contributed by atoms with Crippen molar-refractivity contribution in [1.82, 2.24) is 0 Å². The number of carboxylic acids is 2. The summed E-state index contributed by atoms with van der Waals surface area (Å²) >= 11 is 0. The summed E-state index contributed by atoms with van der Waals surface area (Å²) in [4.78, 5) is 31.7. The molecule has 0 fully saturated rings. The fourth-order valence-electron chi connectivity index (χ4n) is 1.11. The Morgan fingerprint density at radius 3 is 1.88 bits per heavy atom. The van der Waals surface area contributed by atoms with E-state index in [0.29, 0.717) is 0 Å². The van der Waals surface area contributed by atoms with E-state index in [-0.39, 0.29) is 10.4 Å². The van der Waals surface area contributed by atoms with Crippen LogP contribution in [0.2, 0.25) is 0 Å². The molecule has 0 aliphatic rings. The molecule has 0 bridgehead atoms. The zero-order valence-corrected chi connectivity index (χ0v) is 8.08. The highest BCUT2D eigenvalue weighted by Gasteiger charge is 2.06. The Morgan fingerprint density at radius 1 is 0.938 bits per heavy atom. The van der Waals surface area contributed by atoms with E-state index in [0.717, 1.165) is 12.2 Å². The van der Waals surface area contributed by atoms with Crippen molar-refractivity contribution in [3.63, 3.8) is 0 Å². The molecule has 0 saturated carbocycles. The molecule has 1 aromatic rings. The molecular weight excluding hydrogens is 212 g/mol. The largest absolute Gasteiger partial charge is 0.478 e. The molecule has 1 aromatic carbocycles. The van der Waals surface area contributed by atoms with Gasteiger partial charge < -0.3 is 10.2 Å². The summed E-state index contributed by atoms with van der Waals surface area (Å²) in [6.45, 7) is 0. The number of Topliss-reactive ketones (excluding diaryl/α,β-unsaturated/α-hetero) is 1. The Hall–Kier alpha value is -2.43. The number of benzene rings is 1. The summed E-state index contributed by atoms with van der Waals surface area (Å²) in [6.07, 6.45) is 1.79. The Bertz CT molecular complexity index is 556. The van der Waals surface area contributed by atoms with Gasteiger partial charge in [0.1, 0.15) is 0 Å². The van der Waals surface area contributed by atoms with Crippen LogP contribution in [-0.4, -0.2) is 27.9 Å². The number of hydrogen-bond acceptors (Lipinski definition) is 3. The molecule has 0 unspecified atom stereocenters. The van der Waals surface area contributed by atoms with Crippen molar-refractivity contribution in [2.24, 2.45) is 0 Å². The van der Waals surface area contributed by atoms with Gasteiger partial charge in [0.25, 0.3) is 5.78 Å². The first-order valence-corrected chi connectivity index (χ1v) is 4.29. The van der Waals surface area contributed by atoms with Crippen LogP contribution in [0.15, 0.2) is 24.3 Å². The number of ketones is 1. The average molecular weight is 220 g/mol. The number of carbonyl (C=O) groups excluding carboxylic acids is 1. The summed E-state index contributed by atoms with van der Waals surface area (Å²) in [7, 11) is 0. The lowest BCUT2D eigenvalue weighted by Gasteiger charge is -1.89. The highest BCUT2D eigenvalue weighted by Crippen LogP contribution is 1.77. The molecule has 0 saturated heterocycles. The molecule has 0 aliphatic carbocycles. The lowest BCUT2D eigenvalue weighted by atomic mass is 10.2. The smallest absolute Gasteiger partial charge is 0.376 e. The van der Waals surface area contributed by atoms with Gasteiger partial charge in [-0.05, 0) is 10.4 Å². The molecule has 0 atom stereocenters. The molecule has 16 heavy (non-hydrogen) atoms. The number of carbonyl (C=O) groups is 3. The predicted octanol–water partition coefficient (Wildman–Crippen LogP) is -1.01. The first kappa shape index (κ1) is 11.6. The summed E-state index contributed by atoms with van der Waals surface area (Å²) in [5.74, 6) is -3.83. The number of aliphatic carboxylic acids is 2. The van der Waals surface area contributed by atoms with E-state index in [9.17, 15) is 14.4 Å². The van der Waals surface area contributed by atoms with E-state index in [1.807, 2.05) is 0 Å². The third kappa shape index (κ3) is 3.06. The molecule has 0 amide bonds. The monoisotopic (exact) mass is 220 g/mol. The van der Waals surface area contributed by atoms with Crippen LogP contribution < -0.4 is 10.4 Å². The summed E-state index contributed by atoms with van der Waals surface area (Å²) in [5, 5.41) is 17.5. The lowest BCUT2D eigenvalue weighted by molar-refractivity contribution is -0.146. The van der Waals surface area contributed by atoms with Crippen LogP contribution in [0, 0.1) is 0 Å². The topological polar surface area (TPSA) is 91.7 Å². The molecule has 0 spiro atoms. The Morgan fingerprint density at radius 2 is 1.44 bits per heavy atom. The Labute approximate surface area is 89.9 Å². The van der Waals surface area contributed by atoms with Crippen molar-refractivity contribution < 1.29 is 24.6 Å². The van der Waals surface area contributed by atoms with Crippen molar-refractivity contribution in [3.05, 3.63) is 34.7 Å². The Balaban J connectivity index is 3.40. The predicted molar refractivity (Wildman–Crippen MR) is 54.9 cm³/mol. The zero-order chi connectivity index (χ0) is 12.1. The van der Waals surface area contributed by atoms with Crippen molar-refractivity contribution in [2.45, 2.75) is 0 Å². The van der Waals surface area contributed by atoms with Gasteiger partial charge in [-0.2, -0.15) is 0 Å². The highest BCUT2D eigenvalue weighted by atomic mass is 16.4. The minimum Gasteiger partial charge on any atom is -0.478 e. The zero-order valence-electron chi connectivity index (χ0n) is 8.08. The van der Waals surface area contributed by atoms with Crippen LogP contribution in [0.3, 0.4) is 0 Å². The van der Waals surface area contributed by atoms with Crippen LogP contribution in [-0.2, 0) is 14.4 Å². The van der Waals surface area contributed by atoms with Crippen LogP contribution in [0.4, 0.5) is 0 Å². The maximum Gasteiger partial charge on any atom is 0.376 e. The van der Waals surface area contributed by atoms with Crippen LogP contribution in [0.25, 0.3) is 12.2 Å². The molecule has 82 valence electrons. The fourth-order valence-corrected chi connectivity index (χ4v) is 1.11. The van der Waals surface area contributed by atoms with Gasteiger partial charge >= 0.3 is 11.9 Å². The molecular formula is C11H8O5. The van der Waals surface area contributed by atoms with Gasteiger partial charge in [0.05, 0.1) is 0 Å². The van der Waals surface area contributed by atoms with Gasteiger partial charge in [-0.3, -0.25) is 4.79 Å². The SMILES string of the molecule is O=C(O)C=c1ccccc1=CC(=O)C(=O)O. The van der Waals surface area contributed by atoms with Gasteiger partial charge in [0.15, 0.2) is 0 Å². The number of carboxylic acid groups (broad SMARTS) is 2. The first-order valence-electron chi connectivity index (χ1n) is 4.29. The normalized spacial score (nSPS) is 12.5. The van der Waals surface area contributed by atoms with Crippen molar-refractivity contribution in [2.75, 3.05) is 0 Å². The van der Waals surface area contributed by atoms with Gasteiger partial charge in [-0.25, -0.2) is 9.59 Å². The van der Waals surface area contributed by atoms with Crippen LogP contribution >= 0.6 is 0 Å². The summed E-state index contributed by atoms with van der Waals surface area (Å²) in [5.41, 5.74) is 0. The second-order valence-corrected chi connectivity index (χ2v) is 2.93. The molecule has 2 N–H and O–H groups in total. The van der Waals surface area contributed by atoms with E-state index >= 15 is 0 Å². The number of hydrogen-bond donors (Lipinski definition) is 2. The average Bonchev–Trinajstić information content (AvgIpc) is 2.20. The molecule has 0 radical (unpaired) electrons. The highest BCUT2D eigenvalue weighted by molar-refractivity contribution is 6.44. The second-order valence-electron chi connectivity index (χ2n) is 2.93. The summed E-state index contributed by atoms with van der Waals surface area (Å²) < 4.78 is 0. The summed E-state index contributed by atoms with van der Waals surface area (Å²) in [6, 6.07) is 6.13. The van der Waals surface area contributed by atoms with E-state index in [4.69, 9.17) is 10.2 Å². The maximum atomic E-state index is 10.9. The third-order valence-electron chi connectivity index (χ3n) is 1.77. The Kier molecular flexibility index (Phi) is 3.55. The number of rotatable bonds is 3. The van der Waals surface area contributed by atoms with Crippen molar-refractivity contribution in [3.8, 4) is 0 Å². The first-order chi connectivity index (χ1) is 7.50.